The van der Waals surface area contributed by atoms with E-state index in [2.05, 4.69) is 5.16 Å². The zero-order valence-electron chi connectivity index (χ0n) is 14.1. The van der Waals surface area contributed by atoms with E-state index < -0.39 is 5.76 Å². The molecule has 0 spiro atoms. The molecule has 1 aliphatic carbocycles. The summed E-state index contributed by atoms with van der Waals surface area (Å²) in [6, 6.07) is 11.6. The number of aromatic nitrogens is 2. The number of benzene rings is 2. The van der Waals surface area contributed by atoms with Crippen LogP contribution in [0.25, 0.3) is 0 Å². The van der Waals surface area contributed by atoms with Crippen LogP contribution in [-0.2, 0) is 25.8 Å². The van der Waals surface area contributed by atoms with Crippen molar-refractivity contribution in [3.63, 3.8) is 0 Å². The monoisotopic (exact) mass is 352 g/mol. The van der Waals surface area contributed by atoms with Gasteiger partial charge in [0.05, 0.1) is 6.54 Å². The van der Waals surface area contributed by atoms with E-state index in [4.69, 9.17) is 4.52 Å². The van der Waals surface area contributed by atoms with E-state index in [-0.39, 0.29) is 24.6 Å². The summed E-state index contributed by atoms with van der Waals surface area (Å²) in [6.07, 6.45) is 3.43. The van der Waals surface area contributed by atoms with Gasteiger partial charge in [0.25, 0.3) is 0 Å². The van der Waals surface area contributed by atoms with Gasteiger partial charge in [-0.1, -0.05) is 29.4 Å². The normalized spacial score (nSPS) is 13.0. The predicted molar refractivity (Wildman–Crippen MR) is 92.8 cm³/mol. The van der Waals surface area contributed by atoms with Gasteiger partial charge in [0.1, 0.15) is 5.82 Å². The van der Waals surface area contributed by atoms with Crippen molar-refractivity contribution in [1.29, 1.82) is 0 Å². The van der Waals surface area contributed by atoms with Crippen molar-refractivity contribution in [2.45, 2.75) is 32.2 Å². The lowest BCUT2D eigenvalue weighted by Crippen LogP contribution is -2.22. The molecule has 0 saturated carbocycles. The highest BCUT2D eigenvalue weighted by atomic mass is 19.1. The number of nitrogens with zero attached hydrogens (tertiary/aromatic N) is 2. The van der Waals surface area contributed by atoms with Gasteiger partial charge >= 0.3 is 5.76 Å². The number of halogens is 1. The summed E-state index contributed by atoms with van der Waals surface area (Å²) in [5.41, 5.74) is 3.87. The molecule has 0 unspecified atom stereocenters. The van der Waals surface area contributed by atoms with Crippen molar-refractivity contribution in [2.75, 3.05) is 0 Å². The molecule has 4 rings (SSSR count). The Kier molecular flexibility index (Phi) is 4.24. The van der Waals surface area contributed by atoms with Gasteiger partial charge in [-0.25, -0.2) is 9.18 Å². The van der Waals surface area contributed by atoms with Crippen LogP contribution in [0.1, 0.15) is 39.3 Å². The van der Waals surface area contributed by atoms with Gasteiger partial charge in [-0.15, -0.1) is 0 Å². The van der Waals surface area contributed by atoms with E-state index in [1.165, 1.54) is 27.8 Å². The quantitative estimate of drug-likeness (QED) is 0.662. The molecule has 0 atom stereocenters. The first-order chi connectivity index (χ1) is 12.6. The molecular formula is C20H17FN2O3. The molecule has 0 radical (unpaired) electrons. The number of carbonyl (C=O) groups is 1. The molecule has 1 heterocycles. The molecule has 132 valence electrons. The molecule has 2 aromatic carbocycles. The van der Waals surface area contributed by atoms with Crippen LogP contribution in [0, 0.1) is 5.82 Å². The van der Waals surface area contributed by atoms with E-state index in [1.807, 2.05) is 18.2 Å². The molecule has 1 aromatic heterocycles. The predicted octanol–water partition coefficient (Wildman–Crippen LogP) is 2.94. The molecule has 3 aromatic rings. The maximum absolute atomic E-state index is 13.0. The fourth-order valence-electron chi connectivity index (χ4n) is 3.34. The third-order valence-corrected chi connectivity index (χ3v) is 4.76. The van der Waals surface area contributed by atoms with Crippen LogP contribution < -0.4 is 5.76 Å². The highest BCUT2D eigenvalue weighted by Crippen LogP contribution is 2.23. The first-order valence-corrected chi connectivity index (χ1v) is 8.55. The fraction of sp³-hybridized carbons (Fsp3) is 0.250. The maximum atomic E-state index is 13.0. The lowest BCUT2D eigenvalue weighted by Gasteiger charge is -2.06. The molecule has 0 bridgehead atoms. The molecule has 0 fully saturated rings. The van der Waals surface area contributed by atoms with Gasteiger partial charge in [0.2, 0.25) is 0 Å². The molecule has 0 N–H and O–H groups in total. The van der Waals surface area contributed by atoms with Gasteiger partial charge < -0.3 is 0 Å². The summed E-state index contributed by atoms with van der Waals surface area (Å²) in [6.45, 7) is -0.127. The van der Waals surface area contributed by atoms with Gasteiger partial charge in [0.15, 0.2) is 11.6 Å². The Morgan fingerprint density at radius 2 is 1.88 bits per heavy atom. The van der Waals surface area contributed by atoms with E-state index in [9.17, 15) is 14.0 Å². The Bertz CT molecular complexity index is 1020. The van der Waals surface area contributed by atoms with Crippen molar-refractivity contribution in [3.8, 4) is 0 Å². The summed E-state index contributed by atoms with van der Waals surface area (Å²) < 4.78 is 19.0. The summed E-state index contributed by atoms with van der Waals surface area (Å²) >= 11 is 0. The van der Waals surface area contributed by atoms with Crippen LogP contribution in [0.4, 0.5) is 4.39 Å². The lowest BCUT2D eigenvalue weighted by molar-refractivity contribution is 0.0968. The number of ketones is 1. The van der Waals surface area contributed by atoms with E-state index in [0.717, 1.165) is 24.8 Å². The maximum Gasteiger partial charge on any atom is 0.442 e. The smallest absolute Gasteiger partial charge is 0.296 e. The summed E-state index contributed by atoms with van der Waals surface area (Å²) in [4.78, 5) is 24.6. The highest BCUT2D eigenvalue weighted by Gasteiger charge is 2.18. The molecule has 0 saturated heterocycles. The number of fused-ring (bicyclic) bond motifs is 1. The third kappa shape index (κ3) is 3.22. The molecule has 26 heavy (non-hydrogen) atoms. The van der Waals surface area contributed by atoms with Crippen LogP contribution in [-0.4, -0.2) is 15.5 Å². The van der Waals surface area contributed by atoms with Crippen molar-refractivity contribution in [2.24, 2.45) is 0 Å². The topological polar surface area (TPSA) is 65.1 Å². The summed E-state index contributed by atoms with van der Waals surface area (Å²) in [5.74, 6) is -0.823. The summed E-state index contributed by atoms with van der Waals surface area (Å²) in [7, 11) is 0. The standard InChI is InChI=1S/C20H17FN2O3/c21-17-8-4-13(5-9-17)10-19-22-26-20(25)23(19)12-18(24)16-7-6-14-2-1-3-15(14)11-16/h4-9,11H,1-3,10,12H2. The second-order valence-corrected chi connectivity index (χ2v) is 6.51. The number of aryl methyl sites for hydroxylation is 2. The van der Waals surface area contributed by atoms with Gasteiger partial charge in [-0.05, 0) is 54.2 Å². The highest BCUT2D eigenvalue weighted by molar-refractivity contribution is 5.96. The largest absolute Gasteiger partial charge is 0.442 e. The van der Waals surface area contributed by atoms with Crippen LogP contribution in [0.5, 0.6) is 0 Å². The van der Waals surface area contributed by atoms with Crippen LogP contribution in [0.3, 0.4) is 0 Å². The van der Waals surface area contributed by atoms with E-state index in [0.29, 0.717) is 11.4 Å². The molecule has 6 heteroatoms. The fourth-order valence-corrected chi connectivity index (χ4v) is 3.34. The van der Waals surface area contributed by atoms with Gasteiger partial charge in [-0.3, -0.25) is 13.9 Å². The molecule has 1 aliphatic rings. The zero-order valence-corrected chi connectivity index (χ0v) is 14.1. The molecule has 5 nitrogen and oxygen atoms in total. The first kappa shape index (κ1) is 16.4. The van der Waals surface area contributed by atoms with Crippen molar-refractivity contribution >= 4 is 5.78 Å². The van der Waals surface area contributed by atoms with Crippen LogP contribution in [0.15, 0.2) is 51.8 Å². The van der Waals surface area contributed by atoms with Crippen LogP contribution >= 0.6 is 0 Å². The molecule has 0 aliphatic heterocycles. The van der Waals surface area contributed by atoms with Crippen molar-refractivity contribution in [1.82, 2.24) is 9.72 Å². The van der Waals surface area contributed by atoms with E-state index in [1.54, 1.807) is 12.1 Å². The number of rotatable bonds is 5. The number of hydrogen-bond acceptors (Lipinski definition) is 4. The van der Waals surface area contributed by atoms with E-state index >= 15 is 0 Å². The SMILES string of the molecule is O=C(Cn1c(Cc2ccc(F)cc2)noc1=O)c1ccc2c(c1)CCC2. The average Bonchev–Trinajstić information content (AvgIpc) is 3.24. The Balaban J connectivity index is 1.56. The minimum atomic E-state index is -0.670. The van der Waals surface area contributed by atoms with Gasteiger partial charge in [-0.2, -0.15) is 0 Å². The third-order valence-electron chi connectivity index (χ3n) is 4.76. The Hall–Kier alpha value is -3.02. The lowest BCUT2D eigenvalue weighted by atomic mass is 10.0. The van der Waals surface area contributed by atoms with Crippen molar-refractivity contribution in [3.05, 3.63) is 86.9 Å². The van der Waals surface area contributed by atoms with Crippen LogP contribution in [0.2, 0.25) is 0 Å². The average molecular weight is 352 g/mol. The second kappa shape index (κ2) is 6.71. The number of hydrogen-bond donors (Lipinski definition) is 0. The number of Topliss-reactive ketones (excluding diaryl/α,β-unsaturated/α-hetero) is 1. The van der Waals surface area contributed by atoms with Crippen molar-refractivity contribution < 1.29 is 13.7 Å². The second-order valence-electron chi connectivity index (χ2n) is 6.51. The minimum absolute atomic E-state index is 0.127. The summed E-state index contributed by atoms with van der Waals surface area (Å²) in [5, 5.41) is 3.77. The number of carbonyl (C=O) groups excluding carboxylic acids is 1. The first-order valence-electron chi connectivity index (χ1n) is 8.55. The zero-order chi connectivity index (χ0) is 18.1. The minimum Gasteiger partial charge on any atom is -0.296 e. The Labute approximate surface area is 149 Å². The Morgan fingerprint density at radius 1 is 1.12 bits per heavy atom. The van der Waals surface area contributed by atoms with Gasteiger partial charge in [0, 0.05) is 12.0 Å². The molecule has 0 amide bonds. The Morgan fingerprint density at radius 3 is 2.69 bits per heavy atom. The molecular weight excluding hydrogens is 335 g/mol.